The Bertz CT molecular complexity index is 505. The smallest absolute Gasteiger partial charge is 0.392 e. The summed E-state index contributed by atoms with van der Waals surface area (Å²) >= 11 is 0. The molecule has 3 N–H and O–H groups in total. The van der Waals surface area contributed by atoms with Crippen LogP contribution in [0.4, 0.5) is 13.2 Å². The number of nitrogens with one attached hydrogen (secondary N) is 2. The molecule has 1 aromatic rings. The van der Waals surface area contributed by atoms with E-state index in [-0.39, 0.29) is 12.5 Å². The maximum Gasteiger partial charge on any atom is 0.416 e. The summed E-state index contributed by atoms with van der Waals surface area (Å²) in [5.41, 5.74) is -0.170. The maximum atomic E-state index is 12.6. The summed E-state index contributed by atoms with van der Waals surface area (Å²) in [4.78, 5) is 11.7. The number of halogens is 3. The minimum absolute atomic E-state index is 0.237. The van der Waals surface area contributed by atoms with Crippen molar-refractivity contribution in [2.75, 3.05) is 13.1 Å². The topological polar surface area (TPSA) is 61.4 Å². The van der Waals surface area contributed by atoms with Crippen LogP contribution in [0.1, 0.15) is 17.5 Å². The van der Waals surface area contributed by atoms with Crippen molar-refractivity contribution in [3.63, 3.8) is 0 Å². The molecule has 2 atom stereocenters. The fraction of sp³-hybridized carbons (Fsp3) is 0.500. The highest BCUT2D eigenvalue weighted by Crippen LogP contribution is 2.29. The Morgan fingerprint density at radius 1 is 1.43 bits per heavy atom. The molecule has 1 aromatic carbocycles. The summed E-state index contributed by atoms with van der Waals surface area (Å²) in [6.45, 7) is 0.639. The molecule has 1 saturated heterocycles. The Morgan fingerprint density at radius 2 is 2.19 bits per heavy atom. The largest absolute Gasteiger partial charge is 0.416 e. The first-order chi connectivity index (χ1) is 9.86. The van der Waals surface area contributed by atoms with Crippen LogP contribution in [0.3, 0.4) is 0 Å². The van der Waals surface area contributed by atoms with Gasteiger partial charge >= 0.3 is 6.18 Å². The molecule has 1 aliphatic rings. The first kappa shape index (κ1) is 15.8. The van der Waals surface area contributed by atoms with Crippen molar-refractivity contribution in [1.29, 1.82) is 0 Å². The number of β-amino-alcohol motifs (C(OH)–C–C–N with tert-alkyl or cyclic N) is 1. The van der Waals surface area contributed by atoms with Gasteiger partial charge in [-0.15, -0.1) is 0 Å². The van der Waals surface area contributed by atoms with Crippen LogP contribution in [0.15, 0.2) is 24.3 Å². The van der Waals surface area contributed by atoms with Crippen LogP contribution in [0.2, 0.25) is 0 Å². The van der Waals surface area contributed by atoms with Gasteiger partial charge in [0.1, 0.15) is 0 Å². The number of aliphatic hydroxyl groups is 1. The van der Waals surface area contributed by atoms with Gasteiger partial charge in [0.2, 0.25) is 5.91 Å². The summed E-state index contributed by atoms with van der Waals surface area (Å²) in [6.07, 6.45) is -4.20. The molecule has 2 rings (SSSR count). The Balaban J connectivity index is 1.82. The number of carbonyl (C=O) groups is 1. The van der Waals surface area contributed by atoms with Gasteiger partial charge in [-0.3, -0.25) is 4.79 Å². The van der Waals surface area contributed by atoms with Crippen molar-refractivity contribution < 1.29 is 23.1 Å². The summed E-state index contributed by atoms with van der Waals surface area (Å²) in [5.74, 6) is -0.237. The number of hydrogen-bond acceptors (Lipinski definition) is 3. The van der Waals surface area contributed by atoms with E-state index in [4.69, 9.17) is 0 Å². The molecular formula is C14H17F3N2O2. The molecule has 0 unspecified atom stereocenters. The molecule has 0 aliphatic carbocycles. The highest BCUT2D eigenvalue weighted by molar-refractivity contribution is 5.82. The summed E-state index contributed by atoms with van der Waals surface area (Å²) in [5, 5.41) is 14.8. The molecule has 4 nitrogen and oxygen atoms in total. The Labute approximate surface area is 120 Å². The average molecular weight is 302 g/mol. The predicted octanol–water partition coefficient (Wildman–Crippen LogP) is 1.09. The van der Waals surface area contributed by atoms with Crippen molar-refractivity contribution in [3.05, 3.63) is 35.4 Å². The van der Waals surface area contributed by atoms with E-state index in [9.17, 15) is 23.1 Å². The number of benzene rings is 1. The average Bonchev–Trinajstić information content (AvgIpc) is 2.85. The predicted molar refractivity (Wildman–Crippen MR) is 70.6 cm³/mol. The molecule has 21 heavy (non-hydrogen) atoms. The third-order valence-electron chi connectivity index (χ3n) is 3.39. The molecule has 7 heteroatoms. The second kappa shape index (κ2) is 6.44. The van der Waals surface area contributed by atoms with E-state index >= 15 is 0 Å². The zero-order valence-corrected chi connectivity index (χ0v) is 11.3. The highest BCUT2D eigenvalue weighted by Gasteiger charge is 2.30. The van der Waals surface area contributed by atoms with Gasteiger partial charge in [-0.05, 0) is 24.5 Å². The number of alkyl halides is 3. The third kappa shape index (κ3) is 4.44. The number of hydrogen-bond donors (Lipinski definition) is 3. The molecule has 0 bridgehead atoms. The van der Waals surface area contributed by atoms with Gasteiger partial charge < -0.3 is 15.7 Å². The third-order valence-corrected chi connectivity index (χ3v) is 3.39. The summed E-state index contributed by atoms with van der Waals surface area (Å²) < 4.78 is 37.7. The number of rotatable bonds is 4. The van der Waals surface area contributed by atoms with Crippen molar-refractivity contribution in [2.45, 2.75) is 31.2 Å². The molecule has 1 fully saturated rings. The molecule has 1 heterocycles. The van der Waals surface area contributed by atoms with Crippen LogP contribution >= 0.6 is 0 Å². The van der Waals surface area contributed by atoms with E-state index < -0.39 is 23.9 Å². The first-order valence-corrected chi connectivity index (χ1v) is 6.71. The van der Waals surface area contributed by atoms with Gasteiger partial charge in [0.05, 0.1) is 17.7 Å². The molecule has 1 amide bonds. The molecule has 0 spiro atoms. The molecular weight excluding hydrogens is 285 g/mol. The summed E-state index contributed by atoms with van der Waals surface area (Å²) in [7, 11) is 0. The van der Waals surface area contributed by atoms with E-state index in [0.29, 0.717) is 24.9 Å². The molecule has 0 radical (unpaired) electrons. The standard InChI is InChI=1S/C14H17F3N2O2/c15-14(16,17)10-3-1-2-9(6-10)4-5-18-13(21)12-7-11(20)8-19-12/h1-3,6,11-12,19-20H,4-5,7-8H2,(H,18,21)/t11-,12-/m1/s1. The fourth-order valence-electron chi connectivity index (χ4n) is 2.27. The van der Waals surface area contributed by atoms with E-state index in [1.165, 1.54) is 6.07 Å². The van der Waals surface area contributed by atoms with E-state index in [2.05, 4.69) is 10.6 Å². The van der Waals surface area contributed by atoms with Crippen molar-refractivity contribution >= 4 is 5.91 Å². The number of carbonyl (C=O) groups excluding carboxylic acids is 1. The maximum absolute atomic E-state index is 12.6. The van der Waals surface area contributed by atoms with Crippen molar-refractivity contribution in [3.8, 4) is 0 Å². The van der Waals surface area contributed by atoms with Crippen LogP contribution in [0.25, 0.3) is 0 Å². The molecule has 0 saturated carbocycles. The molecule has 116 valence electrons. The number of amides is 1. The minimum atomic E-state index is -4.36. The zero-order valence-electron chi connectivity index (χ0n) is 11.3. The van der Waals surface area contributed by atoms with Crippen LogP contribution in [0, 0.1) is 0 Å². The Hall–Kier alpha value is -1.60. The van der Waals surface area contributed by atoms with E-state index in [1.54, 1.807) is 6.07 Å². The highest BCUT2D eigenvalue weighted by atomic mass is 19.4. The van der Waals surface area contributed by atoms with Gasteiger partial charge in [-0.25, -0.2) is 0 Å². The Kier molecular flexibility index (Phi) is 4.84. The summed E-state index contributed by atoms with van der Waals surface area (Å²) in [6, 6.07) is 4.63. The number of aliphatic hydroxyl groups excluding tert-OH is 1. The quantitative estimate of drug-likeness (QED) is 0.780. The van der Waals surface area contributed by atoms with Gasteiger partial charge in [0.25, 0.3) is 0 Å². The SMILES string of the molecule is O=C(NCCc1cccc(C(F)(F)F)c1)[C@H]1C[C@@H](O)CN1. The van der Waals surface area contributed by atoms with Crippen molar-refractivity contribution in [1.82, 2.24) is 10.6 Å². The van der Waals surface area contributed by atoms with Crippen molar-refractivity contribution in [2.24, 2.45) is 0 Å². The monoisotopic (exact) mass is 302 g/mol. The van der Waals surface area contributed by atoms with Gasteiger partial charge in [0, 0.05) is 13.1 Å². The van der Waals surface area contributed by atoms with Gasteiger partial charge in [-0.1, -0.05) is 18.2 Å². The lowest BCUT2D eigenvalue weighted by molar-refractivity contribution is -0.137. The van der Waals surface area contributed by atoms with E-state index in [1.807, 2.05) is 0 Å². The second-order valence-corrected chi connectivity index (χ2v) is 5.09. The van der Waals surface area contributed by atoms with E-state index in [0.717, 1.165) is 12.1 Å². The molecule has 0 aromatic heterocycles. The first-order valence-electron chi connectivity index (χ1n) is 6.71. The van der Waals surface area contributed by atoms with Gasteiger partial charge in [0.15, 0.2) is 0 Å². The van der Waals surface area contributed by atoms with Crippen LogP contribution in [-0.2, 0) is 17.4 Å². The lowest BCUT2D eigenvalue weighted by atomic mass is 10.1. The minimum Gasteiger partial charge on any atom is -0.392 e. The van der Waals surface area contributed by atoms with Crippen LogP contribution in [-0.4, -0.2) is 36.2 Å². The van der Waals surface area contributed by atoms with Crippen LogP contribution in [0.5, 0.6) is 0 Å². The lowest BCUT2D eigenvalue weighted by Gasteiger charge is -2.12. The fourth-order valence-corrected chi connectivity index (χ4v) is 2.27. The van der Waals surface area contributed by atoms with Gasteiger partial charge in [-0.2, -0.15) is 13.2 Å². The lowest BCUT2D eigenvalue weighted by Crippen LogP contribution is -2.41. The van der Waals surface area contributed by atoms with Crippen LogP contribution < -0.4 is 10.6 Å². The zero-order chi connectivity index (χ0) is 15.5. The normalized spacial score (nSPS) is 22.3. The Morgan fingerprint density at radius 3 is 2.81 bits per heavy atom. The molecule has 1 aliphatic heterocycles. The second-order valence-electron chi connectivity index (χ2n) is 5.09.